The van der Waals surface area contributed by atoms with Gasteiger partial charge in [0.25, 0.3) is 0 Å². The Morgan fingerprint density at radius 3 is 2.65 bits per heavy atom. The molecule has 0 saturated carbocycles. The minimum atomic E-state index is -0.514. The van der Waals surface area contributed by atoms with Gasteiger partial charge >= 0.3 is 11.6 Å². The van der Waals surface area contributed by atoms with Crippen molar-refractivity contribution in [2.24, 2.45) is 11.7 Å². The van der Waals surface area contributed by atoms with Crippen LogP contribution < -0.4 is 16.3 Å². The summed E-state index contributed by atoms with van der Waals surface area (Å²) in [5.41, 5.74) is 7.24. The summed E-state index contributed by atoms with van der Waals surface area (Å²) in [6.45, 7) is 3.25. The van der Waals surface area contributed by atoms with E-state index in [4.69, 9.17) is 14.9 Å². The highest BCUT2D eigenvalue weighted by molar-refractivity contribution is 5.92. The van der Waals surface area contributed by atoms with E-state index in [1.54, 1.807) is 18.2 Å². The number of ether oxygens (including phenoxy) is 1. The largest absolute Gasteiger partial charge is 0.461 e. The monoisotopic (exact) mass is 421 g/mol. The zero-order chi connectivity index (χ0) is 22.0. The van der Waals surface area contributed by atoms with Crippen molar-refractivity contribution >= 4 is 28.7 Å². The number of primary amides is 1. The molecule has 1 aliphatic heterocycles. The van der Waals surface area contributed by atoms with Gasteiger partial charge in [0.1, 0.15) is 18.0 Å². The lowest BCUT2D eigenvalue weighted by Crippen LogP contribution is -2.37. The molecule has 2 aromatic heterocycles. The predicted molar refractivity (Wildman–Crippen MR) is 115 cm³/mol. The topological polar surface area (TPSA) is 116 Å². The van der Waals surface area contributed by atoms with Crippen LogP contribution in [0.5, 0.6) is 0 Å². The Kier molecular flexibility index (Phi) is 5.70. The Hall–Kier alpha value is -3.68. The number of aryl methyl sites for hydroxylation is 1. The van der Waals surface area contributed by atoms with E-state index in [0.717, 1.165) is 16.8 Å². The van der Waals surface area contributed by atoms with Crippen molar-refractivity contribution in [3.05, 3.63) is 69.7 Å². The third-order valence-corrected chi connectivity index (χ3v) is 5.54. The van der Waals surface area contributed by atoms with Gasteiger partial charge in [-0.15, -0.1) is 0 Å². The van der Waals surface area contributed by atoms with Crippen molar-refractivity contribution in [2.45, 2.75) is 26.4 Å². The van der Waals surface area contributed by atoms with Crippen molar-refractivity contribution < 1.29 is 18.7 Å². The van der Waals surface area contributed by atoms with Crippen molar-refractivity contribution in [1.29, 1.82) is 0 Å². The first-order valence-electron chi connectivity index (χ1n) is 10.1. The van der Waals surface area contributed by atoms with E-state index in [2.05, 4.69) is 9.88 Å². The quantitative estimate of drug-likeness (QED) is 0.497. The average molecular weight is 421 g/mol. The maximum atomic E-state index is 12.6. The number of nitrogens with zero attached hydrogens (tertiary/aromatic N) is 2. The van der Waals surface area contributed by atoms with Gasteiger partial charge < -0.3 is 19.8 Å². The molecule has 1 saturated heterocycles. The van der Waals surface area contributed by atoms with Gasteiger partial charge in [0, 0.05) is 36.3 Å². The number of carbonyl (C=O) groups is 2. The van der Waals surface area contributed by atoms with Crippen LogP contribution in [-0.2, 0) is 16.1 Å². The first kappa shape index (κ1) is 20.6. The Bertz CT molecular complexity index is 1180. The number of benzene rings is 1. The molecule has 1 aliphatic rings. The van der Waals surface area contributed by atoms with Crippen molar-refractivity contribution in [2.75, 3.05) is 18.0 Å². The molecule has 0 atom stereocenters. The van der Waals surface area contributed by atoms with Crippen LogP contribution in [0, 0.1) is 12.8 Å². The van der Waals surface area contributed by atoms with Gasteiger partial charge in [0.15, 0.2) is 0 Å². The first-order valence-corrected chi connectivity index (χ1v) is 10.1. The molecule has 2 N–H and O–H groups in total. The summed E-state index contributed by atoms with van der Waals surface area (Å²) in [4.78, 5) is 42.0. The molecule has 3 heterocycles. The molecule has 8 heteroatoms. The van der Waals surface area contributed by atoms with Crippen LogP contribution in [0.2, 0.25) is 0 Å². The number of hydrogen-bond donors (Lipinski definition) is 1. The number of esters is 1. The third-order valence-electron chi connectivity index (χ3n) is 5.54. The molecule has 1 aromatic carbocycles. The molecule has 0 unspecified atom stereocenters. The first-order chi connectivity index (χ1) is 14.9. The highest BCUT2D eigenvalue weighted by Gasteiger charge is 2.27. The molecular formula is C23H23N3O5. The molecule has 0 spiro atoms. The van der Waals surface area contributed by atoms with Crippen LogP contribution >= 0.6 is 0 Å². The van der Waals surface area contributed by atoms with Crippen molar-refractivity contribution in [3.8, 4) is 0 Å². The molecule has 4 rings (SSSR count). The van der Waals surface area contributed by atoms with E-state index in [0.29, 0.717) is 42.6 Å². The smallest absolute Gasteiger partial charge is 0.336 e. The van der Waals surface area contributed by atoms with Crippen LogP contribution in [0.15, 0.2) is 51.8 Å². The number of piperidine rings is 1. The van der Waals surface area contributed by atoms with Crippen molar-refractivity contribution in [3.63, 3.8) is 0 Å². The standard InChI is InChI=1S/C23H23N3O5/c1-14-2-4-18-17(11-21(27)31-19(18)10-14)13-30-23(29)15-6-8-26(9-7-15)20-5-3-16(12-25-20)22(24)28/h2-5,10-12,15H,6-9,13H2,1H3,(H2,24,28). The summed E-state index contributed by atoms with van der Waals surface area (Å²) >= 11 is 0. The lowest BCUT2D eigenvalue weighted by atomic mass is 9.97. The molecule has 0 radical (unpaired) electrons. The molecule has 1 fully saturated rings. The highest BCUT2D eigenvalue weighted by Crippen LogP contribution is 2.24. The SMILES string of the molecule is Cc1ccc2c(COC(=O)C3CCN(c4ccc(C(N)=O)cn4)CC3)cc(=O)oc2c1. The van der Waals surface area contributed by atoms with Crippen molar-refractivity contribution in [1.82, 2.24) is 4.98 Å². The maximum absolute atomic E-state index is 12.6. The van der Waals surface area contributed by atoms with E-state index in [9.17, 15) is 14.4 Å². The summed E-state index contributed by atoms with van der Waals surface area (Å²) < 4.78 is 10.8. The number of fused-ring (bicyclic) bond motifs is 1. The normalized spacial score (nSPS) is 14.5. The zero-order valence-corrected chi connectivity index (χ0v) is 17.2. The Morgan fingerprint density at radius 1 is 1.19 bits per heavy atom. The number of amides is 1. The second-order valence-electron chi connectivity index (χ2n) is 7.73. The minimum Gasteiger partial charge on any atom is -0.461 e. The molecule has 0 aliphatic carbocycles. The number of rotatable bonds is 5. The van der Waals surface area contributed by atoms with E-state index in [1.165, 1.54) is 12.3 Å². The Labute approximate surface area is 178 Å². The van der Waals surface area contributed by atoms with Gasteiger partial charge in [-0.3, -0.25) is 9.59 Å². The van der Waals surface area contributed by atoms with Gasteiger partial charge in [0.05, 0.1) is 11.5 Å². The fraction of sp³-hybridized carbons (Fsp3) is 0.304. The Morgan fingerprint density at radius 2 is 1.97 bits per heavy atom. The summed E-state index contributed by atoms with van der Waals surface area (Å²) in [7, 11) is 0. The predicted octanol–water partition coefficient (Wildman–Crippen LogP) is 2.56. The second kappa shape index (κ2) is 8.59. The molecule has 8 nitrogen and oxygen atoms in total. The molecule has 3 aromatic rings. The van der Waals surface area contributed by atoms with E-state index < -0.39 is 11.5 Å². The summed E-state index contributed by atoms with van der Waals surface area (Å²) in [6.07, 6.45) is 2.73. The van der Waals surface area contributed by atoms with E-state index in [-0.39, 0.29) is 18.5 Å². The van der Waals surface area contributed by atoms with E-state index >= 15 is 0 Å². The average Bonchev–Trinajstić information content (AvgIpc) is 2.77. The molecular weight excluding hydrogens is 398 g/mol. The minimum absolute atomic E-state index is 0.0281. The number of hydrogen-bond acceptors (Lipinski definition) is 7. The van der Waals surface area contributed by atoms with Crippen LogP contribution in [-0.4, -0.2) is 29.9 Å². The number of aromatic nitrogens is 1. The number of carbonyl (C=O) groups excluding carboxylic acids is 2. The van der Waals surface area contributed by atoms with Crippen LogP contribution in [0.4, 0.5) is 5.82 Å². The zero-order valence-electron chi connectivity index (χ0n) is 17.2. The fourth-order valence-electron chi connectivity index (χ4n) is 3.79. The lowest BCUT2D eigenvalue weighted by Gasteiger charge is -2.31. The molecule has 0 bridgehead atoms. The number of anilines is 1. The van der Waals surface area contributed by atoms with Gasteiger partial charge in [-0.25, -0.2) is 9.78 Å². The fourth-order valence-corrected chi connectivity index (χ4v) is 3.79. The molecule has 1 amide bonds. The van der Waals surface area contributed by atoms with E-state index in [1.807, 2.05) is 19.1 Å². The third kappa shape index (κ3) is 4.58. The highest BCUT2D eigenvalue weighted by atomic mass is 16.5. The Balaban J connectivity index is 1.36. The van der Waals surface area contributed by atoms with Gasteiger partial charge in [-0.2, -0.15) is 0 Å². The van der Waals surface area contributed by atoms with Crippen LogP contribution in [0.3, 0.4) is 0 Å². The number of nitrogens with two attached hydrogens (primary N) is 1. The number of pyridine rings is 1. The van der Waals surface area contributed by atoms with Gasteiger partial charge in [-0.1, -0.05) is 12.1 Å². The van der Waals surface area contributed by atoms with Crippen LogP contribution in [0.25, 0.3) is 11.0 Å². The van der Waals surface area contributed by atoms with Gasteiger partial charge in [0.2, 0.25) is 5.91 Å². The summed E-state index contributed by atoms with van der Waals surface area (Å²) in [5.74, 6) is -0.255. The lowest BCUT2D eigenvalue weighted by molar-refractivity contribution is -0.150. The van der Waals surface area contributed by atoms with Crippen LogP contribution in [0.1, 0.15) is 34.3 Å². The summed E-state index contributed by atoms with van der Waals surface area (Å²) in [5, 5.41) is 0.762. The maximum Gasteiger partial charge on any atom is 0.336 e. The second-order valence-corrected chi connectivity index (χ2v) is 7.73. The summed E-state index contributed by atoms with van der Waals surface area (Å²) in [6, 6.07) is 10.4. The molecule has 31 heavy (non-hydrogen) atoms. The molecule has 160 valence electrons. The van der Waals surface area contributed by atoms with Gasteiger partial charge in [-0.05, 0) is 43.5 Å².